The lowest BCUT2D eigenvalue weighted by atomic mass is 10.1. The van der Waals surface area contributed by atoms with E-state index in [1.54, 1.807) is 11.3 Å². The average molecular weight is 234 g/mol. The number of hydrogen-bond acceptors (Lipinski definition) is 2. The Kier molecular flexibility index (Phi) is 3.10. The van der Waals surface area contributed by atoms with E-state index in [4.69, 9.17) is 5.73 Å². The number of halogens is 1. The highest BCUT2D eigenvalue weighted by Gasteiger charge is 2.09. The molecule has 1 aromatic heterocycles. The fourth-order valence-corrected chi connectivity index (χ4v) is 2.83. The molecule has 0 saturated heterocycles. The van der Waals surface area contributed by atoms with E-state index < -0.39 is 0 Å². The molecule has 0 bridgehead atoms. The molecule has 0 aromatic carbocycles. The van der Waals surface area contributed by atoms with Gasteiger partial charge in [-0.3, -0.25) is 0 Å². The highest BCUT2D eigenvalue weighted by atomic mass is 79.9. The van der Waals surface area contributed by atoms with Gasteiger partial charge in [-0.2, -0.15) is 0 Å². The van der Waals surface area contributed by atoms with Crippen molar-refractivity contribution >= 4 is 27.3 Å². The van der Waals surface area contributed by atoms with E-state index in [1.807, 2.05) is 0 Å². The smallest absolute Gasteiger partial charge is 0.0704 e. The minimum atomic E-state index is 0.206. The van der Waals surface area contributed by atoms with Gasteiger partial charge in [-0.1, -0.05) is 6.92 Å². The fourth-order valence-electron chi connectivity index (χ4n) is 1.05. The summed E-state index contributed by atoms with van der Waals surface area (Å²) in [5, 5.41) is 0. The summed E-state index contributed by atoms with van der Waals surface area (Å²) in [7, 11) is 0. The van der Waals surface area contributed by atoms with Crippen LogP contribution in [0.25, 0.3) is 0 Å². The third-order valence-electron chi connectivity index (χ3n) is 1.77. The van der Waals surface area contributed by atoms with Crippen molar-refractivity contribution in [3.05, 3.63) is 20.3 Å². The molecule has 2 N–H and O–H groups in total. The zero-order valence-electron chi connectivity index (χ0n) is 6.73. The maximum Gasteiger partial charge on any atom is 0.0704 e. The van der Waals surface area contributed by atoms with Crippen LogP contribution < -0.4 is 5.73 Å². The van der Waals surface area contributed by atoms with Crippen LogP contribution in [0, 0.1) is 6.92 Å². The molecule has 1 atom stereocenters. The lowest BCUT2D eigenvalue weighted by molar-refractivity contribution is 0.697. The van der Waals surface area contributed by atoms with Gasteiger partial charge in [0.15, 0.2) is 0 Å². The van der Waals surface area contributed by atoms with Crippen LogP contribution in [-0.4, -0.2) is 0 Å². The SMILES string of the molecule is CC[C@H](N)c1cc(Br)sc1C. The van der Waals surface area contributed by atoms with Crippen LogP contribution in [0.3, 0.4) is 0 Å². The van der Waals surface area contributed by atoms with Gasteiger partial charge in [-0.15, -0.1) is 11.3 Å². The van der Waals surface area contributed by atoms with Gasteiger partial charge in [0.05, 0.1) is 3.79 Å². The van der Waals surface area contributed by atoms with Gasteiger partial charge in [0.25, 0.3) is 0 Å². The third-order valence-corrected chi connectivity index (χ3v) is 3.33. The average Bonchev–Trinajstić information content (AvgIpc) is 2.28. The molecule has 0 fully saturated rings. The van der Waals surface area contributed by atoms with Gasteiger partial charge >= 0.3 is 0 Å². The van der Waals surface area contributed by atoms with Crippen LogP contribution in [0.15, 0.2) is 9.85 Å². The summed E-state index contributed by atoms with van der Waals surface area (Å²) in [5.41, 5.74) is 7.18. The van der Waals surface area contributed by atoms with Crippen LogP contribution in [0.1, 0.15) is 29.8 Å². The van der Waals surface area contributed by atoms with Crippen LogP contribution >= 0.6 is 27.3 Å². The Hall–Kier alpha value is 0.140. The van der Waals surface area contributed by atoms with Crippen molar-refractivity contribution in [2.75, 3.05) is 0 Å². The van der Waals surface area contributed by atoms with Gasteiger partial charge in [0.2, 0.25) is 0 Å². The lowest BCUT2D eigenvalue weighted by Crippen LogP contribution is -2.08. The molecule has 0 saturated carbocycles. The maximum atomic E-state index is 5.89. The molecular formula is C8H12BrNS. The second kappa shape index (κ2) is 3.70. The van der Waals surface area contributed by atoms with Crippen molar-refractivity contribution in [1.29, 1.82) is 0 Å². The topological polar surface area (TPSA) is 26.0 Å². The predicted molar refractivity (Wildman–Crippen MR) is 54.0 cm³/mol. The number of hydrogen-bond donors (Lipinski definition) is 1. The van der Waals surface area contributed by atoms with Gasteiger partial charge in [0.1, 0.15) is 0 Å². The molecule has 0 aliphatic rings. The number of aryl methyl sites for hydroxylation is 1. The Morgan fingerprint density at radius 1 is 1.73 bits per heavy atom. The molecule has 0 unspecified atom stereocenters. The molecule has 1 heterocycles. The van der Waals surface area contributed by atoms with Gasteiger partial charge in [0, 0.05) is 10.9 Å². The normalized spacial score (nSPS) is 13.5. The van der Waals surface area contributed by atoms with E-state index in [2.05, 4.69) is 35.8 Å². The van der Waals surface area contributed by atoms with Crippen molar-refractivity contribution in [1.82, 2.24) is 0 Å². The zero-order valence-corrected chi connectivity index (χ0v) is 9.13. The minimum Gasteiger partial charge on any atom is -0.324 e. The van der Waals surface area contributed by atoms with E-state index in [-0.39, 0.29) is 6.04 Å². The standard InChI is InChI=1S/C8H12BrNS/c1-3-7(10)6-4-8(9)11-5(6)2/h4,7H,3,10H2,1-2H3/t7-/m0/s1. The summed E-state index contributed by atoms with van der Waals surface area (Å²) in [6.07, 6.45) is 1.00. The van der Waals surface area contributed by atoms with Crippen LogP contribution in [-0.2, 0) is 0 Å². The van der Waals surface area contributed by atoms with Crippen molar-refractivity contribution < 1.29 is 0 Å². The number of nitrogens with two attached hydrogens (primary N) is 1. The van der Waals surface area contributed by atoms with E-state index in [0.717, 1.165) is 6.42 Å². The Balaban J connectivity index is 2.93. The van der Waals surface area contributed by atoms with Crippen molar-refractivity contribution in [3.63, 3.8) is 0 Å². The highest BCUT2D eigenvalue weighted by Crippen LogP contribution is 2.30. The first-order chi connectivity index (χ1) is 5.15. The summed E-state index contributed by atoms with van der Waals surface area (Å²) in [5.74, 6) is 0. The van der Waals surface area contributed by atoms with Crippen molar-refractivity contribution in [3.8, 4) is 0 Å². The monoisotopic (exact) mass is 233 g/mol. The molecule has 3 heteroatoms. The van der Waals surface area contributed by atoms with Crippen LogP contribution in [0.2, 0.25) is 0 Å². The summed E-state index contributed by atoms with van der Waals surface area (Å²) in [6.45, 7) is 4.22. The first-order valence-corrected chi connectivity index (χ1v) is 5.27. The Morgan fingerprint density at radius 3 is 2.73 bits per heavy atom. The molecule has 1 rings (SSSR count). The fraction of sp³-hybridized carbons (Fsp3) is 0.500. The second-order valence-corrected chi connectivity index (χ2v) is 5.21. The first kappa shape index (κ1) is 9.23. The number of rotatable bonds is 2. The highest BCUT2D eigenvalue weighted by molar-refractivity contribution is 9.11. The zero-order chi connectivity index (χ0) is 8.43. The van der Waals surface area contributed by atoms with Crippen LogP contribution in [0.4, 0.5) is 0 Å². The quantitative estimate of drug-likeness (QED) is 0.835. The van der Waals surface area contributed by atoms with Gasteiger partial charge < -0.3 is 5.73 Å². The first-order valence-electron chi connectivity index (χ1n) is 3.66. The molecule has 0 radical (unpaired) electrons. The third kappa shape index (κ3) is 2.04. The van der Waals surface area contributed by atoms with Crippen molar-refractivity contribution in [2.24, 2.45) is 5.73 Å². The Labute approximate surface area is 79.7 Å². The molecule has 0 aliphatic carbocycles. The summed E-state index contributed by atoms with van der Waals surface area (Å²) < 4.78 is 1.17. The molecule has 0 amide bonds. The van der Waals surface area contributed by atoms with E-state index in [1.165, 1.54) is 14.2 Å². The van der Waals surface area contributed by atoms with Crippen molar-refractivity contribution in [2.45, 2.75) is 26.3 Å². The van der Waals surface area contributed by atoms with Gasteiger partial charge in [-0.05, 0) is 40.9 Å². The Bertz CT molecular complexity index is 244. The summed E-state index contributed by atoms with van der Waals surface area (Å²) in [6, 6.07) is 2.33. The van der Waals surface area contributed by atoms with E-state index >= 15 is 0 Å². The van der Waals surface area contributed by atoms with Gasteiger partial charge in [-0.25, -0.2) is 0 Å². The molecular weight excluding hydrogens is 222 g/mol. The van der Waals surface area contributed by atoms with E-state index in [9.17, 15) is 0 Å². The minimum absolute atomic E-state index is 0.206. The summed E-state index contributed by atoms with van der Waals surface area (Å²) >= 11 is 5.19. The molecule has 0 spiro atoms. The maximum absolute atomic E-state index is 5.89. The Morgan fingerprint density at radius 2 is 2.36 bits per heavy atom. The second-order valence-electron chi connectivity index (χ2n) is 2.58. The summed E-state index contributed by atoms with van der Waals surface area (Å²) in [4.78, 5) is 1.33. The molecule has 1 aromatic rings. The molecule has 0 aliphatic heterocycles. The molecule has 11 heavy (non-hydrogen) atoms. The molecule has 62 valence electrons. The number of thiophene rings is 1. The largest absolute Gasteiger partial charge is 0.324 e. The predicted octanol–water partition coefficient (Wildman–Crippen LogP) is 3.23. The van der Waals surface area contributed by atoms with Crippen LogP contribution in [0.5, 0.6) is 0 Å². The molecule has 1 nitrogen and oxygen atoms in total. The lowest BCUT2D eigenvalue weighted by Gasteiger charge is -2.06. The van der Waals surface area contributed by atoms with E-state index in [0.29, 0.717) is 0 Å².